The minimum absolute atomic E-state index is 0.0498. The van der Waals surface area contributed by atoms with Gasteiger partial charge < -0.3 is 10.2 Å². The Bertz CT molecular complexity index is 1230. The molecule has 0 fully saturated rings. The standard InChI is InChI=1S/C24H29Cl4N3O4S/c1-6-20(23(33)29-24(2,3)4)30(13-15-7-8-16(25)11-19(15)28)22(32)14-31(36(5,34)35)21-12-17(26)9-10-18(21)27/h7-12,20H,6,13-14H2,1-5H3,(H,29,33)/t20-/m0/s1. The minimum Gasteiger partial charge on any atom is -0.350 e. The summed E-state index contributed by atoms with van der Waals surface area (Å²) in [5, 5.41) is 3.96. The number of benzene rings is 2. The van der Waals surface area contributed by atoms with Crippen LogP contribution in [0.2, 0.25) is 20.1 Å². The number of halogens is 4. The van der Waals surface area contributed by atoms with Crippen molar-refractivity contribution in [2.24, 2.45) is 0 Å². The number of carbonyl (C=O) groups is 2. The summed E-state index contributed by atoms with van der Waals surface area (Å²) in [6, 6.07) is 8.22. The van der Waals surface area contributed by atoms with E-state index in [4.69, 9.17) is 46.4 Å². The summed E-state index contributed by atoms with van der Waals surface area (Å²) >= 11 is 24.7. The fraction of sp³-hybridized carbons (Fsp3) is 0.417. The molecule has 0 bridgehead atoms. The van der Waals surface area contributed by atoms with Crippen molar-refractivity contribution in [3.05, 3.63) is 62.1 Å². The minimum atomic E-state index is -3.96. The molecule has 0 saturated carbocycles. The van der Waals surface area contributed by atoms with Gasteiger partial charge in [-0.3, -0.25) is 13.9 Å². The molecule has 0 aromatic heterocycles. The van der Waals surface area contributed by atoms with E-state index in [-0.39, 0.29) is 34.6 Å². The number of amides is 2. The molecule has 0 heterocycles. The molecule has 0 radical (unpaired) electrons. The average molecular weight is 597 g/mol. The molecule has 1 N–H and O–H groups in total. The van der Waals surface area contributed by atoms with Crippen LogP contribution >= 0.6 is 46.4 Å². The van der Waals surface area contributed by atoms with Gasteiger partial charge in [-0.25, -0.2) is 8.42 Å². The molecule has 0 unspecified atom stereocenters. The van der Waals surface area contributed by atoms with Gasteiger partial charge >= 0.3 is 0 Å². The molecule has 2 aromatic rings. The van der Waals surface area contributed by atoms with Crippen LogP contribution in [0.5, 0.6) is 0 Å². The van der Waals surface area contributed by atoms with E-state index in [1.54, 1.807) is 19.1 Å². The zero-order valence-electron chi connectivity index (χ0n) is 20.6. The van der Waals surface area contributed by atoms with Crippen molar-refractivity contribution in [1.29, 1.82) is 0 Å². The first-order valence-electron chi connectivity index (χ1n) is 11.0. The van der Waals surface area contributed by atoms with Crippen molar-refractivity contribution >= 4 is 73.9 Å². The Balaban J connectivity index is 2.54. The summed E-state index contributed by atoms with van der Waals surface area (Å²) in [6.45, 7) is 6.58. The normalized spacial score (nSPS) is 12.7. The number of sulfonamides is 1. The third-order valence-electron chi connectivity index (χ3n) is 5.10. The monoisotopic (exact) mass is 595 g/mol. The fourth-order valence-electron chi connectivity index (χ4n) is 3.48. The largest absolute Gasteiger partial charge is 0.350 e. The molecule has 36 heavy (non-hydrogen) atoms. The van der Waals surface area contributed by atoms with Gasteiger partial charge in [0.15, 0.2) is 0 Å². The third kappa shape index (κ3) is 8.42. The van der Waals surface area contributed by atoms with Crippen LogP contribution in [0, 0.1) is 0 Å². The van der Waals surface area contributed by atoms with Crippen molar-refractivity contribution in [2.45, 2.75) is 52.2 Å². The quantitative estimate of drug-likeness (QED) is 0.397. The van der Waals surface area contributed by atoms with Crippen LogP contribution in [0.4, 0.5) is 5.69 Å². The molecule has 7 nitrogen and oxygen atoms in total. The first kappa shape index (κ1) is 30.5. The molecular formula is C24H29Cl4N3O4S. The van der Waals surface area contributed by atoms with E-state index in [2.05, 4.69) is 5.32 Å². The number of nitrogens with one attached hydrogen (secondary N) is 1. The van der Waals surface area contributed by atoms with Gasteiger partial charge in [0.25, 0.3) is 0 Å². The second-order valence-corrected chi connectivity index (χ2v) is 12.9. The molecule has 1 atom stereocenters. The lowest BCUT2D eigenvalue weighted by atomic mass is 10.1. The summed E-state index contributed by atoms with van der Waals surface area (Å²) < 4.78 is 26.3. The lowest BCUT2D eigenvalue weighted by molar-refractivity contribution is -0.141. The van der Waals surface area contributed by atoms with Gasteiger partial charge in [-0.1, -0.05) is 59.4 Å². The van der Waals surface area contributed by atoms with Crippen LogP contribution in [0.15, 0.2) is 36.4 Å². The van der Waals surface area contributed by atoms with Crippen molar-refractivity contribution in [3.8, 4) is 0 Å². The number of anilines is 1. The van der Waals surface area contributed by atoms with E-state index >= 15 is 0 Å². The predicted molar refractivity (Wildman–Crippen MR) is 148 cm³/mol. The second kappa shape index (κ2) is 12.2. The fourth-order valence-corrected chi connectivity index (χ4v) is 5.24. The molecule has 0 aliphatic heterocycles. The van der Waals surface area contributed by atoms with Gasteiger partial charge in [-0.05, 0) is 63.1 Å². The van der Waals surface area contributed by atoms with Crippen molar-refractivity contribution < 1.29 is 18.0 Å². The molecule has 12 heteroatoms. The predicted octanol–water partition coefficient (Wildman–Crippen LogP) is 5.79. The Morgan fingerprint density at radius 3 is 2.08 bits per heavy atom. The van der Waals surface area contributed by atoms with E-state index in [1.165, 1.54) is 29.2 Å². The maximum absolute atomic E-state index is 13.7. The molecule has 0 spiro atoms. The van der Waals surface area contributed by atoms with Crippen LogP contribution in [-0.2, 0) is 26.2 Å². The number of hydrogen-bond acceptors (Lipinski definition) is 4. The number of hydrogen-bond donors (Lipinski definition) is 1. The smallest absolute Gasteiger partial charge is 0.244 e. The molecule has 0 aliphatic carbocycles. The average Bonchev–Trinajstić information content (AvgIpc) is 2.73. The molecule has 2 aromatic carbocycles. The lowest BCUT2D eigenvalue weighted by Gasteiger charge is -2.34. The molecule has 2 amide bonds. The van der Waals surface area contributed by atoms with Crippen LogP contribution in [-0.4, -0.2) is 49.5 Å². The molecular weight excluding hydrogens is 568 g/mol. The van der Waals surface area contributed by atoms with Gasteiger partial charge in [0, 0.05) is 27.2 Å². The zero-order chi connectivity index (χ0) is 27.4. The molecule has 0 aliphatic rings. The van der Waals surface area contributed by atoms with Gasteiger partial charge in [0.1, 0.15) is 12.6 Å². The van der Waals surface area contributed by atoms with Gasteiger partial charge in [-0.15, -0.1) is 0 Å². The third-order valence-corrected chi connectivity index (χ3v) is 7.36. The highest BCUT2D eigenvalue weighted by Crippen LogP contribution is 2.31. The van der Waals surface area contributed by atoms with Crippen molar-refractivity contribution in [3.63, 3.8) is 0 Å². The van der Waals surface area contributed by atoms with E-state index < -0.39 is 34.1 Å². The first-order valence-corrected chi connectivity index (χ1v) is 14.4. The van der Waals surface area contributed by atoms with E-state index in [1.807, 2.05) is 20.8 Å². The van der Waals surface area contributed by atoms with E-state index in [9.17, 15) is 18.0 Å². The Kier molecular flexibility index (Phi) is 10.4. The summed E-state index contributed by atoms with van der Waals surface area (Å²) in [7, 11) is -3.96. The van der Waals surface area contributed by atoms with E-state index in [0.29, 0.717) is 15.6 Å². The Morgan fingerprint density at radius 2 is 1.56 bits per heavy atom. The summed E-state index contributed by atoms with van der Waals surface area (Å²) in [5.41, 5.74) is 0.0457. The highest BCUT2D eigenvalue weighted by molar-refractivity contribution is 7.92. The summed E-state index contributed by atoms with van der Waals surface area (Å²) in [4.78, 5) is 28.2. The van der Waals surface area contributed by atoms with Gasteiger partial charge in [0.05, 0.1) is 17.0 Å². The molecule has 198 valence electrons. The lowest BCUT2D eigenvalue weighted by Crippen LogP contribution is -2.55. The highest BCUT2D eigenvalue weighted by atomic mass is 35.5. The highest BCUT2D eigenvalue weighted by Gasteiger charge is 2.33. The number of carbonyl (C=O) groups excluding carboxylic acids is 2. The second-order valence-electron chi connectivity index (χ2n) is 9.29. The SMILES string of the molecule is CC[C@@H](C(=O)NC(C)(C)C)N(Cc1ccc(Cl)cc1Cl)C(=O)CN(c1cc(Cl)ccc1Cl)S(C)(=O)=O. The maximum Gasteiger partial charge on any atom is 0.244 e. The first-order chi connectivity index (χ1) is 16.5. The van der Waals surface area contributed by atoms with Crippen LogP contribution < -0.4 is 9.62 Å². The Hall–Kier alpha value is -1.71. The van der Waals surface area contributed by atoms with Crippen LogP contribution in [0.1, 0.15) is 39.7 Å². The van der Waals surface area contributed by atoms with Crippen LogP contribution in [0.3, 0.4) is 0 Å². The van der Waals surface area contributed by atoms with E-state index in [0.717, 1.165) is 10.6 Å². The van der Waals surface area contributed by atoms with Crippen LogP contribution in [0.25, 0.3) is 0 Å². The maximum atomic E-state index is 13.7. The number of rotatable bonds is 9. The molecule has 2 rings (SSSR count). The zero-order valence-corrected chi connectivity index (χ0v) is 24.5. The number of nitrogens with zero attached hydrogens (tertiary/aromatic N) is 2. The topological polar surface area (TPSA) is 86.8 Å². The van der Waals surface area contributed by atoms with Crippen molar-refractivity contribution in [2.75, 3.05) is 17.1 Å². The van der Waals surface area contributed by atoms with Gasteiger partial charge in [-0.2, -0.15) is 0 Å². The Labute approximate surface area is 232 Å². The summed E-state index contributed by atoms with van der Waals surface area (Å²) in [5.74, 6) is -1.01. The van der Waals surface area contributed by atoms with Crippen molar-refractivity contribution in [1.82, 2.24) is 10.2 Å². The van der Waals surface area contributed by atoms with Gasteiger partial charge in [0.2, 0.25) is 21.8 Å². The summed E-state index contributed by atoms with van der Waals surface area (Å²) in [6.07, 6.45) is 1.23. The Morgan fingerprint density at radius 1 is 0.972 bits per heavy atom. The molecule has 0 saturated heterocycles.